The molecule has 0 aliphatic heterocycles. The van der Waals surface area contributed by atoms with Gasteiger partial charge in [0.05, 0.1) is 0 Å². The number of hydrogen-bond donors (Lipinski definition) is 0. The quantitative estimate of drug-likeness (QED) is 0.553. The van der Waals surface area contributed by atoms with Crippen molar-refractivity contribution in [3.8, 4) is 0 Å². The average molecular weight is 336 g/mol. The summed E-state index contributed by atoms with van der Waals surface area (Å²) < 4.78 is 0. The van der Waals surface area contributed by atoms with Crippen LogP contribution in [0.1, 0.15) is 33.4 Å². The maximum atomic E-state index is 2.16. The topological polar surface area (TPSA) is 0 Å². The second-order valence-electron chi connectivity index (χ2n) is 4.65. The first-order chi connectivity index (χ1) is 7.43. The Morgan fingerprint density at radius 3 is 1.00 bits per heavy atom. The van der Waals surface area contributed by atoms with E-state index in [9.17, 15) is 0 Å². The van der Waals surface area contributed by atoms with Crippen molar-refractivity contribution in [3.63, 3.8) is 0 Å². The number of aryl methyl sites for hydroxylation is 4. The summed E-state index contributed by atoms with van der Waals surface area (Å²) in [6.07, 6.45) is 0. The predicted octanol–water partition coefficient (Wildman–Crippen LogP) is 5.56. The average Bonchev–Trinajstić information content (AvgIpc) is 2.70. The molecular weight excluding hydrogens is 307 g/mol. The smallest absolute Gasteiger partial charge is 0.358 e. The van der Waals surface area contributed by atoms with E-state index < -0.39 is 0 Å². The maximum Gasteiger partial charge on any atom is 4.00 e. The van der Waals surface area contributed by atoms with Crippen molar-refractivity contribution in [2.24, 2.45) is 0 Å². The summed E-state index contributed by atoms with van der Waals surface area (Å²) in [6.45, 7) is 12.9. The minimum absolute atomic E-state index is 0. The molecule has 0 unspecified atom stereocenters. The van der Waals surface area contributed by atoms with Gasteiger partial charge in [-0.25, -0.2) is 12.1 Å². The third-order valence-electron chi connectivity index (χ3n) is 3.53. The van der Waals surface area contributed by atoms with Gasteiger partial charge in [-0.2, -0.15) is 45.5 Å². The molecule has 0 radical (unpaired) electrons. The Morgan fingerprint density at radius 2 is 0.947 bits per heavy atom. The summed E-state index contributed by atoms with van der Waals surface area (Å²) in [5.41, 5.74) is 8.49. The summed E-state index contributed by atoms with van der Waals surface area (Å²) >= 11 is 0. The van der Waals surface area contributed by atoms with Crippen LogP contribution in [0.25, 0.3) is 0 Å². The van der Waals surface area contributed by atoms with Crippen LogP contribution in [0, 0.1) is 56.4 Å². The Balaban J connectivity index is -0.000000233. The third kappa shape index (κ3) is 6.52. The van der Waals surface area contributed by atoms with Gasteiger partial charge in [0.2, 0.25) is 0 Å². The first-order valence-corrected chi connectivity index (χ1v) is 5.82. The first kappa shape index (κ1) is 23.7. The zero-order valence-electron chi connectivity index (χ0n) is 13.8. The summed E-state index contributed by atoms with van der Waals surface area (Å²) in [4.78, 5) is 0. The zero-order valence-corrected chi connectivity index (χ0v) is 16.3. The molecular formula is C18H28Zr. The molecule has 0 amide bonds. The van der Waals surface area contributed by atoms with E-state index in [1.807, 2.05) is 0 Å². The van der Waals surface area contributed by atoms with Crippen LogP contribution in [-0.2, 0) is 26.2 Å². The second-order valence-corrected chi connectivity index (χ2v) is 4.65. The minimum atomic E-state index is 0. The molecule has 2 aromatic carbocycles. The molecule has 0 fully saturated rings. The fourth-order valence-corrected chi connectivity index (χ4v) is 1.62. The van der Waals surface area contributed by atoms with Gasteiger partial charge in [-0.05, 0) is 0 Å². The molecule has 2 rings (SSSR count). The minimum Gasteiger partial charge on any atom is -0.358 e. The molecule has 1 heteroatoms. The molecule has 0 bridgehead atoms. The van der Waals surface area contributed by atoms with Crippen LogP contribution in [0.2, 0.25) is 0 Å². The molecule has 0 aliphatic carbocycles. The molecule has 19 heavy (non-hydrogen) atoms. The third-order valence-corrected chi connectivity index (χ3v) is 3.53. The Labute approximate surface area is 140 Å². The fourth-order valence-electron chi connectivity index (χ4n) is 1.62. The summed E-state index contributed by atoms with van der Waals surface area (Å²) in [5, 5.41) is 0. The van der Waals surface area contributed by atoms with Gasteiger partial charge in [-0.3, -0.25) is 0 Å². The van der Waals surface area contributed by atoms with Crippen molar-refractivity contribution in [2.45, 2.75) is 41.5 Å². The van der Waals surface area contributed by atoms with E-state index in [2.05, 4.69) is 65.8 Å². The summed E-state index contributed by atoms with van der Waals surface area (Å²) in [6, 6.07) is 8.63. The van der Waals surface area contributed by atoms with Crippen molar-refractivity contribution in [1.82, 2.24) is 0 Å². The van der Waals surface area contributed by atoms with Gasteiger partial charge in [-0.1, -0.05) is 41.5 Å². The zero-order chi connectivity index (χ0) is 12.3. The standard InChI is InChI=1S/2C8H11.2CH3.Zr/c2*1-6-4-5-7(2)8(6)3;;;/h2*4-5H,1-3H3;2*1H3;/q4*-1;+4. The molecule has 0 aromatic heterocycles. The van der Waals surface area contributed by atoms with E-state index in [0.29, 0.717) is 0 Å². The molecule has 0 heterocycles. The second kappa shape index (κ2) is 10.4. The van der Waals surface area contributed by atoms with Gasteiger partial charge in [0.15, 0.2) is 0 Å². The molecule has 0 nitrogen and oxygen atoms in total. The summed E-state index contributed by atoms with van der Waals surface area (Å²) in [7, 11) is 0. The first-order valence-electron chi connectivity index (χ1n) is 5.82. The Bertz CT molecular complexity index is 375. The van der Waals surface area contributed by atoms with Gasteiger partial charge in [0.25, 0.3) is 0 Å². The maximum absolute atomic E-state index is 2.16. The largest absolute Gasteiger partial charge is 4.00 e. The van der Waals surface area contributed by atoms with Gasteiger partial charge < -0.3 is 14.9 Å². The molecule has 0 saturated carbocycles. The monoisotopic (exact) mass is 334 g/mol. The SMILES string of the molecule is Cc1cc[c-](C)c1C.Cc1cc[c-](C)c1C.[CH3-].[CH3-].[Zr+4]. The van der Waals surface area contributed by atoms with Crippen molar-refractivity contribution < 1.29 is 26.2 Å². The normalized spacial score (nSPS) is 8.32. The molecule has 104 valence electrons. The van der Waals surface area contributed by atoms with Crippen molar-refractivity contribution in [1.29, 1.82) is 0 Å². The van der Waals surface area contributed by atoms with Gasteiger partial charge in [-0.15, -0.1) is 0 Å². The van der Waals surface area contributed by atoms with Gasteiger partial charge in [0.1, 0.15) is 0 Å². The van der Waals surface area contributed by atoms with Crippen LogP contribution in [0.4, 0.5) is 0 Å². The van der Waals surface area contributed by atoms with Gasteiger partial charge in [0, 0.05) is 0 Å². The van der Waals surface area contributed by atoms with E-state index in [0.717, 1.165) is 0 Å². The van der Waals surface area contributed by atoms with E-state index >= 15 is 0 Å². The van der Waals surface area contributed by atoms with E-state index in [1.165, 1.54) is 33.4 Å². The summed E-state index contributed by atoms with van der Waals surface area (Å²) in [5.74, 6) is 0. The van der Waals surface area contributed by atoms with Gasteiger partial charge >= 0.3 is 26.2 Å². The molecule has 0 N–H and O–H groups in total. The molecule has 0 saturated heterocycles. The Morgan fingerprint density at radius 1 is 0.684 bits per heavy atom. The van der Waals surface area contributed by atoms with Crippen LogP contribution in [0.15, 0.2) is 24.3 Å². The van der Waals surface area contributed by atoms with Crippen molar-refractivity contribution >= 4 is 0 Å². The fraction of sp³-hybridized carbons (Fsp3) is 0.333. The van der Waals surface area contributed by atoms with Crippen molar-refractivity contribution in [2.75, 3.05) is 0 Å². The molecule has 2 aromatic rings. The van der Waals surface area contributed by atoms with Crippen molar-refractivity contribution in [3.05, 3.63) is 72.5 Å². The van der Waals surface area contributed by atoms with E-state index in [1.54, 1.807) is 0 Å². The molecule has 0 atom stereocenters. The van der Waals surface area contributed by atoms with Crippen LogP contribution < -0.4 is 0 Å². The Kier molecular flexibility index (Phi) is 12.9. The van der Waals surface area contributed by atoms with Crippen LogP contribution >= 0.6 is 0 Å². The molecule has 0 spiro atoms. The van der Waals surface area contributed by atoms with E-state index in [4.69, 9.17) is 0 Å². The van der Waals surface area contributed by atoms with Crippen LogP contribution in [-0.4, -0.2) is 0 Å². The number of rotatable bonds is 0. The number of hydrogen-bond acceptors (Lipinski definition) is 0. The van der Waals surface area contributed by atoms with Crippen LogP contribution in [0.3, 0.4) is 0 Å². The van der Waals surface area contributed by atoms with Crippen LogP contribution in [0.5, 0.6) is 0 Å². The molecule has 0 aliphatic rings. The Hall–Kier alpha value is -0.417. The predicted molar refractivity (Wildman–Crippen MR) is 85.3 cm³/mol. The van der Waals surface area contributed by atoms with E-state index in [-0.39, 0.29) is 41.1 Å².